The molecule has 9 heteroatoms. The zero-order valence-corrected chi connectivity index (χ0v) is 16.6. The number of sulfonamides is 1. The van der Waals surface area contributed by atoms with Crippen LogP contribution in [0.3, 0.4) is 0 Å². The van der Waals surface area contributed by atoms with Gasteiger partial charge in [-0.3, -0.25) is 4.79 Å². The molecule has 6 nitrogen and oxygen atoms in total. The van der Waals surface area contributed by atoms with Crippen molar-refractivity contribution in [2.75, 3.05) is 20.7 Å². The Bertz CT molecular complexity index is 919. The van der Waals surface area contributed by atoms with Crippen LogP contribution in [-0.2, 0) is 14.8 Å². The van der Waals surface area contributed by atoms with Gasteiger partial charge < -0.3 is 10.1 Å². The van der Waals surface area contributed by atoms with Crippen molar-refractivity contribution in [2.24, 2.45) is 0 Å². The SMILES string of the molecule is COc1ccc(S(=O)(=O)N(C)CC(=O)NC(C)c2ccc(F)cc2)cc1Cl. The molecule has 2 aromatic rings. The second kappa shape index (κ2) is 8.69. The van der Waals surface area contributed by atoms with E-state index in [1.807, 2.05) is 0 Å². The van der Waals surface area contributed by atoms with Gasteiger partial charge in [-0.05, 0) is 42.8 Å². The van der Waals surface area contributed by atoms with Crippen molar-refractivity contribution >= 4 is 27.5 Å². The fourth-order valence-corrected chi connectivity index (χ4v) is 3.87. The van der Waals surface area contributed by atoms with Crippen molar-refractivity contribution in [1.29, 1.82) is 0 Å². The van der Waals surface area contributed by atoms with Gasteiger partial charge in [0, 0.05) is 7.05 Å². The van der Waals surface area contributed by atoms with E-state index in [0.29, 0.717) is 11.3 Å². The van der Waals surface area contributed by atoms with Gasteiger partial charge in [0.2, 0.25) is 15.9 Å². The van der Waals surface area contributed by atoms with Gasteiger partial charge in [0.25, 0.3) is 0 Å². The normalized spacial score (nSPS) is 12.7. The maximum absolute atomic E-state index is 13.0. The first-order valence-corrected chi connectivity index (χ1v) is 9.81. The van der Waals surface area contributed by atoms with E-state index in [1.165, 1.54) is 44.5 Å². The number of nitrogens with one attached hydrogen (secondary N) is 1. The molecule has 27 heavy (non-hydrogen) atoms. The van der Waals surface area contributed by atoms with E-state index in [0.717, 1.165) is 4.31 Å². The van der Waals surface area contributed by atoms with Crippen molar-refractivity contribution in [3.63, 3.8) is 0 Å². The minimum Gasteiger partial charge on any atom is -0.495 e. The third-order valence-electron chi connectivity index (χ3n) is 3.95. The molecule has 2 rings (SSSR count). The van der Waals surface area contributed by atoms with E-state index in [1.54, 1.807) is 19.1 Å². The minimum atomic E-state index is -3.90. The molecule has 1 N–H and O–H groups in total. The van der Waals surface area contributed by atoms with E-state index in [4.69, 9.17) is 16.3 Å². The van der Waals surface area contributed by atoms with Crippen LogP contribution in [0.4, 0.5) is 4.39 Å². The zero-order valence-electron chi connectivity index (χ0n) is 15.1. The molecule has 0 saturated heterocycles. The van der Waals surface area contributed by atoms with Crippen LogP contribution < -0.4 is 10.1 Å². The number of nitrogens with zero attached hydrogens (tertiary/aromatic N) is 1. The largest absolute Gasteiger partial charge is 0.495 e. The third-order valence-corrected chi connectivity index (χ3v) is 6.04. The Kier molecular flexibility index (Phi) is 6.80. The lowest BCUT2D eigenvalue weighted by molar-refractivity contribution is -0.121. The standard InChI is InChI=1S/C18H20ClFN2O4S/c1-12(13-4-6-14(20)7-5-13)21-18(23)11-22(2)27(24,25)15-8-9-17(26-3)16(19)10-15/h4-10,12H,11H2,1-3H3,(H,21,23). The van der Waals surface area contributed by atoms with Gasteiger partial charge in [-0.15, -0.1) is 0 Å². The van der Waals surface area contributed by atoms with Crippen LogP contribution in [-0.4, -0.2) is 39.3 Å². The number of benzene rings is 2. The molecule has 146 valence electrons. The summed E-state index contributed by atoms with van der Waals surface area (Å²) in [6.07, 6.45) is 0. The molecule has 1 amide bonds. The summed E-state index contributed by atoms with van der Waals surface area (Å²) in [6.45, 7) is 1.35. The molecule has 0 aromatic heterocycles. The van der Waals surface area contributed by atoms with Crippen molar-refractivity contribution in [3.8, 4) is 5.75 Å². The highest BCUT2D eigenvalue weighted by molar-refractivity contribution is 7.89. The second-order valence-electron chi connectivity index (χ2n) is 5.90. The smallest absolute Gasteiger partial charge is 0.243 e. The third kappa shape index (κ3) is 5.18. The molecular weight excluding hydrogens is 395 g/mol. The number of rotatable bonds is 7. The molecule has 2 aromatic carbocycles. The maximum Gasteiger partial charge on any atom is 0.243 e. The summed E-state index contributed by atoms with van der Waals surface area (Å²) in [5.41, 5.74) is 0.706. The van der Waals surface area contributed by atoms with E-state index < -0.39 is 22.0 Å². The number of hydrogen-bond acceptors (Lipinski definition) is 4. The lowest BCUT2D eigenvalue weighted by Gasteiger charge is -2.20. The number of methoxy groups -OCH3 is 1. The lowest BCUT2D eigenvalue weighted by Crippen LogP contribution is -2.39. The number of halogens is 2. The molecule has 0 bridgehead atoms. The number of carbonyl (C=O) groups excluding carboxylic acids is 1. The first-order valence-electron chi connectivity index (χ1n) is 8.00. The van der Waals surface area contributed by atoms with Gasteiger partial charge in [0.15, 0.2) is 0 Å². The monoisotopic (exact) mass is 414 g/mol. The van der Waals surface area contributed by atoms with Gasteiger partial charge in [0.05, 0.1) is 29.6 Å². The topological polar surface area (TPSA) is 75.7 Å². The fourth-order valence-electron chi connectivity index (χ4n) is 2.40. The van der Waals surface area contributed by atoms with Crippen molar-refractivity contribution < 1.29 is 22.3 Å². The number of likely N-dealkylation sites (N-methyl/N-ethyl adjacent to an activating group) is 1. The van der Waals surface area contributed by atoms with E-state index in [2.05, 4.69) is 5.32 Å². The fraction of sp³-hybridized carbons (Fsp3) is 0.278. The van der Waals surface area contributed by atoms with Crippen LogP contribution >= 0.6 is 11.6 Å². The van der Waals surface area contributed by atoms with Crippen LogP contribution in [0.1, 0.15) is 18.5 Å². The van der Waals surface area contributed by atoms with Gasteiger partial charge in [-0.1, -0.05) is 23.7 Å². The first-order chi connectivity index (χ1) is 12.6. The lowest BCUT2D eigenvalue weighted by atomic mass is 10.1. The summed E-state index contributed by atoms with van der Waals surface area (Å²) in [4.78, 5) is 12.2. The zero-order chi connectivity index (χ0) is 20.2. The second-order valence-corrected chi connectivity index (χ2v) is 8.35. The number of hydrogen-bond donors (Lipinski definition) is 1. The minimum absolute atomic E-state index is 0.0461. The Balaban J connectivity index is 2.06. The van der Waals surface area contributed by atoms with E-state index in [9.17, 15) is 17.6 Å². The quantitative estimate of drug-likeness (QED) is 0.755. The maximum atomic E-state index is 13.0. The summed E-state index contributed by atoms with van der Waals surface area (Å²) in [5, 5.41) is 2.84. The van der Waals surface area contributed by atoms with Crippen LogP contribution in [0.5, 0.6) is 5.75 Å². The average molecular weight is 415 g/mol. The highest BCUT2D eigenvalue weighted by Gasteiger charge is 2.24. The van der Waals surface area contributed by atoms with E-state index >= 15 is 0 Å². The summed E-state index contributed by atoms with van der Waals surface area (Å²) in [6, 6.07) is 9.37. The Morgan fingerprint density at radius 2 is 1.89 bits per heavy atom. The van der Waals surface area contributed by atoms with Crippen molar-refractivity contribution in [3.05, 3.63) is 58.9 Å². The van der Waals surface area contributed by atoms with Gasteiger partial charge in [0.1, 0.15) is 11.6 Å². The Labute approximate surface area is 162 Å². The number of ether oxygens (including phenoxy) is 1. The molecule has 0 spiro atoms. The Morgan fingerprint density at radius 3 is 2.44 bits per heavy atom. The summed E-state index contributed by atoms with van der Waals surface area (Å²) < 4.78 is 44.1. The van der Waals surface area contributed by atoms with E-state index in [-0.39, 0.29) is 22.3 Å². The predicted molar refractivity (Wildman–Crippen MR) is 101 cm³/mol. The highest BCUT2D eigenvalue weighted by Crippen LogP contribution is 2.28. The van der Waals surface area contributed by atoms with Gasteiger partial charge in [-0.25, -0.2) is 12.8 Å². The molecular formula is C18H20ClFN2O4S. The van der Waals surface area contributed by atoms with Crippen LogP contribution in [0.25, 0.3) is 0 Å². The van der Waals surface area contributed by atoms with Crippen LogP contribution in [0.2, 0.25) is 5.02 Å². The molecule has 0 aliphatic carbocycles. The number of carbonyl (C=O) groups is 1. The molecule has 1 unspecified atom stereocenters. The van der Waals surface area contributed by atoms with Crippen molar-refractivity contribution in [2.45, 2.75) is 17.9 Å². The van der Waals surface area contributed by atoms with Crippen LogP contribution in [0.15, 0.2) is 47.4 Å². The van der Waals surface area contributed by atoms with Crippen LogP contribution in [0, 0.1) is 5.82 Å². The number of amides is 1. The van der Waals surface area contributed by atoms with Gasteiger partial charge in [-0.2, -0.15) is 4.31 Å². The summed E-state index contributed by atoms with van der Waals surface area (Å²) >= 11 is 5.98. The molecule has 0 heterocycles. The molecule has 0 radical (unpaired) electrons. The first kappa shape index (κ1) is 21.1. The highest BCUT2D eigenvalue weighted by atomic mass is 35.5. The van der Waals surface area contributed by atoms with Gasteiger partial charge >= 0.3 is 0 Å². The predicted octanol–water partition coefficient (Wildman–Crippen LogP) is 2.99. The molecule has 0 fully saturated rings. The molecule has 0 saturated carbocycles. The van der Waals surface area contributed by atoms with Crippen molar-refractivity contribution in [1.82, 2.24) is 9.62 Å². The summed E-state index contributed by atoms with van der Waals surface area (Å²) in [5.74, 6) is -0.511. The molecule has 0 aliphatic heterocycles. The Morgan fingerprint density at radius 1 is 1.26 bits per heavy atom. The summed E-state index contributed by atoms with van der Waals surface area (Å²) in [7, 11) is -1.18. The average Bonchev–Trinajstić information content (AvgIpc) is 2.61. The molecule has 1 atom stereocenters. The Hall–Kier alpha value is -2.16. The molecule has 0 aliphatic rings.